The van der Waals surface area contributed by atoms with Crippen LogP contribution in [0, 0.1) is 46.3 Å². The van der Waals surface area contributed by atoms with E-state index < -0.39 is 12.0 Å². The van der Waals surface area contributed by atoms with Crippen molar-refractivity contribution < 1.29 is 24.3 Å². The number of carbonyl (C=O) groups excluding carboxylic acids is 3. The lowest BCUT2D eigenvalue weighted by Crippen LogP contribution is -2.57. The maximum absolute atomic E-state index is 13.6. The number of amides is 1. The molecule has 0 saturated heterocycles. The number of hydrogen-bond acceptors (Lipinski definition) is 4. The van der Waals surface area contributed by atoms with Crippen LogP contribution in [0.2, 0.25) is 0 Å². The minimum atomic E-state index is -0.939. The Hall–Kier alpha value is -2.50. The summed E-state index contributed by atoms with van der Waals surface area (Å²) in [5.74, 6) is 1.20. The Morgan fingerprint density at radius 1 is 0.974 bits per heavy atom. The Kier molecular flexibility index (Phi) is 7.30. The normalized spacial score (nSPS) is 37.9. The van der Waals surface area contributed by atoms with Gasteiger partial charge in [-0.1, -0.05) is 51.1 Å². The minimum Gasteiger partial charge on any atom is -0.481 e. The van der Waals surface area contributed by atoms with Crippen LogP contribution in [0.25, 0.3) is 0 Å². The summed E-state index contributed by atoms with van der Waals surface area (Å²) >= 11 is 0. The van der Waals surface area contributed by atoms with Gasteiger partial charge in [0.15, 0.2) is 0 Å². The zero-order valence-electron chi connectivity index (χ0n) is 23.1. The predicted octanol–water partition coefficient (Wildman–Crippen LogP) is 5.75. The van der Waals surface area contributed by atoms with Crippen molar-refractivity contribution in [2.24, 2.45) is 46.3 Å². The molecule has 0 heterocycles. The Morgan fingerprint density at radius 3 is 2.39 bits per heavy atom. The van der Waals surface area contributed by atoms with Crippen molar-refractivity contribution in [2.75, 3.05) is 0 Å². The number of carboxylic acid groups (broad SMARTS) is 1. The summed E-state index contributed by atoms with van der Waals surface area (Å²) in [7, 11) is 0. The molecule has 1 aromatic rings. The fourth-order valence-electron chi connectivity index (χ4n) is 9.50. The number of carbonyl (C=O) groups is 4. The molecule has 5 rings (SSSR count). The van der Waals surface area contributed by atoms with E-state index in [1.54, 1.807) is 0 Å². The van der Waals surface area contributed by atoms with Gasteiger partial charge in [-0.25, -0.2) is 0 Å². The highest BCUT2D eigenvalue weighted by atomic mass is 16.4. The lowest BCUT2D eigenvalue weighted by Gasteiger charge is -2.59. The van der Waals surface area contributed by atoms with Crippen LogP contribution in [0.4, 0.5) is 0 Å². The molecule has 0 aliphatic heterocycles. The van der Waals surface area contributed by atoms with Gasteiger partial charge in [-0.2, -0.15) is 0 Å². The average Bonchev–Trinajstić information content (AvgIpc) is 3.22. The first-order chi connectivity index (χ1) is 18.0. The summed E-state index contributed by atoms with van der Waals surface area (Å²) in [5, 5.41) is 12.4. The Balaban J connectivity index is 1.28. The maximum atomic E-state index is 13.6. The van der Waals surface area contributed by atoms with Crippen molar-refractivity contribution in [3.05, 3.63) is 35.9 Å². The van der Waals surface area contributed by atoms with Crippen LogP contribution in [-0.4, -0.2) is 28.5 Å². The number of benzene rings is 1. The standard InChI is InChI=1S/C32H43NO5/c1-19(15-28(36)33-26(18-29(37)38)20-7-5-4-6-8-20)23-9-10-24-30-25(12-14-32(23,24)3)31(2)13-11-22(34)16-21(31)17-27(30)35/h4-8,19,21,23-26,30H,9-18H2,1-3H3,(H,33,36)(H,37,38)/t19-,21?,23?,24+,25+,26?,30?,31?,32?/m1/s1. The third-order valence-corrected chi connectivity index (χ3v) is 11.5. The average molecular weight is 522 g/mol. The van der Waals surface area contributed by atoms with Crippen molar-refractivity contribution in [3.63, 3.8) is 0 Å². The third-order valence-electron chi connectivity index (χ3n) is 11.5. The summed E-state index contributed by atoms with van der Waals surface area (Å²) in [6, 6.07) is 8.75. The monoisotopic (exact) mass is 521 g/mol. The predicted molar refractivity (Wildman–Crippen MR) is 144 cm³/mol. The quantitative estimate of drug-likeness (QED) is 0.476. The highest BCUT2D eigenvalue weighted by molar-refractivity contribution is 5.86. The van der Waals surface area contributed by atoms with Gasteiger partial charge in [-0.05, 0) is 78.1 Å². The van der Waals surface area contributed by atoms with E-state index in [9.17, 15) is 24.3 Å². The van der Waals surface area contributed by atoms with Gasteiger partial charge >= 0.3 is 5.97 Å². The van der Waals surface area contributed by atoms with E-state index in [-0.39, 0.29) is 40.9 Å². The van der Waals surface area contributed by atoms with E-state index in [4.69, 9.17) is 0 Å². The molecule has 4 fully saturated rings. The van der Waals surface area contributed by atoms with Crippen LogP contribution in [0.5, 0.6) is 0 Å². The van der Waals surface area contributed by atoms with Crippen LogP contribution in [0.3, 0.4) is 0 Å². The molecular weight excluding hydrogens is 478 g/mol. The first-order valence-corrected chi connectivity index (χ1v) is 14.6. The molecule has 0 radical (unpaired) electrons. The van der Waals surface area contributed by atoms with Gasteiger partial charge < -0.3 is 10.4 Å². The van der Waals surface area contributed by atoms with Crippen molar-refractivity contribution in [3.8, 4) is 0 Å². The number of nitrogens with one attached hydrogen (secondary N) is 1. The second-order valence-corrected chi connectivity index (χ2v) is 13.4. The van der Waals surface area contributed by atoms with Crippen LogP contribution in [0.15, 0.2) is 30.3 Å². The number of aliphatic carboxylic acids is 1. The lowest BCUT2D eigenvalue weighted by molar-refractivity contribution is -0.159. The molecule has 0 spiro atoms. The van der Waals surface area contributed by atoms with Crippen LogP contribution < -0.4 is 5.32 Å². The summed E-state index contributed by atoms with van der Waals surface area (Å²) in [5.41, 5.74) is 0.923. The summed E-state index contributed by atoms with van der Waals surface area (Å²) in [6.45, 7) is 6.88. The Morgan fingerprint density at radius 2 is 1.68 bits per heavy atom. The SMILES string of the molecule is C[C@H](CC(=O)NC(CC(=O)O)c1ccccc1)C1CC[C@H]2C3C(=O)CC4CC(=O)CCC4(C)[C@H]3CCC12C. The number of Topliss-reactive ketones (excluding diaryl/α,β-unsaturated/α-hetero) is 2. The molecule has 2 N–H and O–H groups in total. The van der Waals surface area contributed by atoms with Crippen LogP contribution in [0.1, 0.15) is 96.6 Å². The van der Waals surface area contributed by atoms with Crippen molar-refractivity contribution in [1.29, 1.82) is 0 Å². The van der Waals surface area contributed by atoms with E-state index in [1.165, 1.54) is 0 Å². The van der Waals surface area contributed by atoms with Gasteiger partial charge in [0, 0.05) is 31.6 Å². The van der Waals surface area contributed by atoms with Crippen molar-refractivity contribution in [1.82, 2.24) is 5.32 Å². The topological polar surface area (TPSA) is 101 Å². The molecule has 1 amide bonds. The maximum Gasteiger partial charge on any atom is 0.305 e. The van der Waals surface area contributed by atoms with E-state index in [0.717, 1.165) is 37.7 Å². The molecule has 4 aliphatic carbocycles. The second-order valence-electron chi connectivity index (χ2n) is 13.4. The first-order valence-electron chi connectivity index (χ1n) is 14.6. The molecule has 9 atom stereocenters. The summed E-state index contributed by atoms with van der Waals surface area (Å²) in [4.78, 5) is 50.4. The Bertz CT molecular complexity index is 1100. The molecule has 4 saturated carbocycles. The van der Waals surface area contributed by atoms with Gasteiger partial charge in [0.25, 0.3) is 0 Å². The molecular formula is C32H43NO5. The molecule has 6 heteroatoms. The third kappa shape index (κ3) is 4.73. The number of rotatable bonds is 7. The number of fused-ring (bicyclic) bond motifs is 5. The van der Waals surface area contributed by atoms with Crippen molar-refractivity contribution >= 4 is 23.4 Å². The molecule has 0 aromatic heterocycles. The largest absolute Gasteiger partial charge is 0.481 e. The molecule has 4 aliphatic rings. The number of ketones is 2. The molecule has 1 aromatic carbocycles. The fraction of sp³-hybridized carbons (Fsp3) is 0.688. The number of carboxylic acids is 1. The van der Waals surface area contributed by atoms with E-state index in [0.29, 0.717) is 55.0 Å². The molecule has 206 valence electrons. The molecule has 38 heavy (non-hydrogen) atoms. The van der Waals surface area contributed by atoms with Gasteiger partial charge in [0.1, 0.15) is 11.6 Å². The minimum absolute atomic E-state index is 0.0318. The fourth-order valence-corrected chi connectivity index (χ4v) is 9.50. The van der Waals surface area contributed by atoms with Gasteiger partial charge in [0.05, 0.1) is 12.5 Å². The second kappa shape index (κ2) is 10.2. The highest BCUT2D eigenvalue weighted by Gasteiger charge is 2.63. The van der Waals surface area contributed by atoms with Crippen LogP contribution >= 0.6 is 0 Å². The van der Waals surface area contributed by atoms with E-state index in [2.05, 4.69) is 26.1 Å². The zero-order valence-corrected chi connectivity index (χ0v) is 23.1. The van der Waals surface area contributed by atoms with Gasteiger partial charge in [-0.15, -0.1) is 0 Å². The Labute approximate surface area is 226 Å². The molecule has 0 bridgehead atoms. The van der Waals surface area contributed by atoms with Gasteiger partial charge in [-0.3, -0.25) is 19.2 Å². The summed E-state index contributed by atoms with van der Waals surface area (Å²) in [6.07, 6.45) is 7.10. The first kappa shape index (κ1) is 27.1. The zero-order chi connectivity index (χ0) is 27.2. The summed E-state index contributed by atoms with van der Waals surface area (Å²) < 4.78 is 0. The van der Waals surface area contributed by atoms with Gasteiger partial charge in [0.2, 0.25) is 5.91 Å². The highest BCUT2D eigenvalue weighted by Crippen LogP contribution is 2.67. The van der Waals surface area contributed by atoms with E-state index >= 15 is 0 Å². The van der Waals surface area contributed by atoms with E-state index in [1.807, 2.05) is 30.3 Å². The lowest BCUT2D eigenvalue weighted by atomic mass is 9.44. The number of hydrogen-bond donors (Lipinski definition) is 2. The smallest absolute Gasteiger partial charge is 0.305 e. The molecule has 6 unspecified atom stereocenters. The van der Waals surface area contributed by atoms with Crippen LogP contribution in [-0.2, 0) is 19.2 Å². The molecule has 6 nitrogen and oxygen atoms in total. The van der Waals surface area contributed by atoms with Crippen molar-refractivity contribution in [2.45, 2.75) is 91.0 Å².